The Labute approximate surface area is 89.7 Å². The Kier molecular flexibility index (Phi) is 4.24. The molecule has 0 saturated heterocycles. The van der Waals surface area contributed by atoms with Gasteiger partial charge in [0.25, 0.3) is 0 Å². The molecule has 3 heteroatoms. The van der Waals surface area contributed by atoms with Crippen LogP contribution in [0.5, 0.6) is 0 Å². The minimum Gasteiger partial charge on any atom is -0.393 e. The third-order valence-corrected chi connectivity index (χ3v) is 2.37. The standard InChI is InChI=1S/C12H17FO2/c1-12(2,11(13)8-14)15-9-10-6-4-3-5-7-10/h3-7,11,14H,8-9H2,1-2H3. The van der Waals surface area contributed by atoms with Crippen molar-refractivity contribution in [1.29, 1.82) is 0 Å². The van der Waals surface area contributed by atoms with Crippen LogP contribution in [0.3, 0.4) is 0 Å². The van der Waals surface area contributed by atoms with Gasteiger partial charge in [0, 0.05) is 0 Å². The highest BCUT2D eigenvalue weighted by molar-refractivity contribution is 5.13. The molecule has 0 radical (unpaired) electrons. The van der Waals surface area contributed by atoms with Crippen LogP contribution in [-0.2, 0) is 11.3 Å². The molecule has 0 bridgehead atoms. The van der Waals surface area contributed by atoms with Crippen molar-refractivity contribution >= 4 is 0 Å². The van der Waals surface area contributed by atoms with Gasteiger partial charge in [-0.15, -0.1) is 0 Å². The highest BCUT2D eigenvalue weighted by atomic mass is 19.1. The summed E-state index contributed by atoms with van der Waals surface area (Å²) in [6.45, 7) is 3.11. The molecule has 0 aromatic heterocycles. The summed E-state index contributed by atoms with van der Waals surface area (Å²) in [5.74, 6) is 0. The van der Waals surface area contributed by atoms with Crippen LogP contribution >= 0.6 is 0 Å². The van der Waals surface area contributed by atoms with Gasteiger partial charge in [-0.2, -0.15) is 0 Å². The Bertz CT molecular complexity index is 285. The molecule has 0 heterocycles. The molecule has 0 aliphatic rings. The van der Waals surface area contributed by atoms with E-state index in [1.54, 1.807) is 13.8 Å². The number of ether oxygens (including phenoxy) is 1. The van der Waals surface area contributed by atoms with Gasteiger partial charge in [-0.25, -0.2) is 4.39 Å². The second kappa shape index (κ2) is 5.24. The van der Waals surface area contributed by atoms with Crippen molar-refractivity contribution in [3.05, 3.63) is 35.9 Å². The molecule has 1 aromatic rings. The summed E-state index contributed by atoms with van der Waals surface area (Å²) in [6.07, 6.45) is -1.36. The molecule has 1 atom stereocenters. The van der Waals surface area contributed by atoms with Gasteiger partial charge in [0.1, 0.15) is 0 Å². The van der Waals surface area contributed by atoms with Crippen LogP contribution in [0.15, 0.2) is 30.3 Å². The third-order valence-electron chi connectivity index (χ3n) is 2.37. The molecular weight excluding hydrogens is 195 g/mol. The Balaban J connectivity index is 2.49. The SMILES string of the molecule is CC(C)(OCc1ccccc1)C(F)CO. The normalized spacial score (nSPS) is 13.9. The monoisotopic (exact) mass is 212 g/mol. The number of rotatable bonds is 5. The summed E-state index contributed by atoms with van der Waals surface area (Å²) in [6, 6.07) is 9.57. The number of aliphatic hydroxyl groups excluding tert-OH is 1. The molecule has 1 aromatic carbocycles. The lowest BCUT2D eigenvalue weighted by atomic mass is 10.0. The van der Waals surface area contributed by atoms with Gasteiger partial charge in [0.2, 0.25) is 0 Å². The van der Waals surface area contributed by atoms with Gasteiger partial charge in [0.15, 0.2) is 6.17 Å². The number of halogens is 1. The molecule has 0 amide bonds. The highest BCUT2D eigenvalue weighted by Gasteiger charge is 2.29. The molecular formula is C12H17FO2. The van der Waals surface area contributed by atoms with E-state index in [2.05, 4.69) is 0 Å². The number of benzene rings is 1. The van der Waals surface area contributed by atoms with Gasteiger partial charge >= 0.3 is 0 Å². The van der Waals surface area contributed by atoms with Crippen LogP contribution in [0.4, 0.5) is 4.39 Å². The summed E-state index contributed by atoms with van der Waals surface area (Å²) < 4.78 is 18.7. The molecule has 2 nitrogen and oxygen atoms in total. The van der Waals surface area contributed by atoms with Gasteiger partial charge in [0.05, 0.1) is 18.8 Å². The predicted octanol–water partition coefficient (Wildman–Crippen LogP) is 2.31. The fraction of sp³-hybridized carbons (Fsp3) is 0.500. The summed E-state index contributed by atoms with van der Waals surface area (Å²) in [5, 5.41) is 8.71. The van der Waals surface area contributed by atoms with E-state index >= 15 is 0 Å². The fourth-order valence-corrected chi connectivity index (χ4v) is 1.15. The van der Waals surface area contributed by atoms with Crippen molar-refractivity contribution in [3.8, 4) is 0 Å². The molecule has 1 unspecified atom stereocenters. The average Bonchev–Trinajstić information content (AvgIpc) is 2.27. The summed E-state index contributed by atoms with van der Waals surface area (Å²) in [5.41, 5.74) is 0.0423. The summed E-state index contributed by atoms with van der Waals surface area (Å²) >= 11 is 0. The molecule has 84 valence electrons. The predicted molar refractivity (Wildman–Crippen MR) is 57.3 cm³/mol. The zero-order chi connectivity index (χ0) is 11.3. The van der Waals surface area contributed by atoms with Gasteiger partial charge in [-0.05, 0) is 19.4 Å². The lowest BCUT2D eigenvalue weighted by molar-refractivity contribution is -0.0933. The van der Waals surface area contributed by atoms with E-state index in [0.717, 1.165) is 5.56 Å². The average molecular weight is 212 g/mol. The van der Waals surface area contributed by atoms with E-state index < -0.39 is 18.4 Å². The van der Waals surface area contributed by atoms with Crippen molar-refractivity contribution in [2.45, 2.75) is 32.2 Å². The molecule has 0 saturated carbocycles. The molecule has 1 rings (SSSR count). The van der Waals surface area contributed by atoms with E-state index in [1.165, 1.54) is 0 Å². The van der Waals surface area contributed by atoms with Gasteiger partial charge in [-0.1, -0.05) is 30.3 Å². The van der Waals surface area contributed by atoms with E-state index in [9.17, 15) is 4.39 Å². The Hall–Kier alpha value is -0.930. The van der Waals surface area contributed by atoms with E-state index in [-0.39, 0.29) is 0 Å². The van der Waals surface area contributed by atoms with Crippen LogP contribution in [0.2, 0.25) is 0 Å². The van der Waals surface area contributed by atoms with Crippen molar-refractivity contribution in [2.24, 2.45) is 0 Å². The zero-order valence-corrected chi connectivity index (χ0v) is 9.11. The van der Waals surface area contributed by atoms with Gasteiger partial charge < -0.3 is 9.84 Å². The topological polar surface area (TPSA) is 29.5 Å². The number of alkyl halides is 1. The van der Waals surface area contributed by atoms with Crippen molar-refractivity contribution in [3.63, 3.8) is 0 Å². The molecule has 0 fully saturated rings. The number of hydrogen-bond acceptors (Lipinski definition) is 2. The van der Waals surface area contributed by atoms with Crippen molar-refractivity contribution in [2.75, 3.05) is 6.61 Å². The largest absolute Gasteiger partial charge is 0.393 e. The summed E-state index contributed by atoms with van der Waals surface area (Å²) in [7, 11) is 0. The van der Waals surface area contributed by atoms with Crippen molar-refractivity contribution < 1.29 is 14.2 Å². The van der Waals surface area contributed by atoms with E-state index in [0.29, 0.717) is 6.61 Å². The first-order valence-corrected chi connectivity index (χ1v) is 4.99. The first-order valence-electron chi connectivity index (χ1n) is 4.99. The maximum Gasteiger partial charge on any atom is 0.151 e. The lowest BCUT2D eigenvalue weighted by Crippen LogP contribution is -2.38. The second-order valence-electron chi connectivity index (χ2n) is 4.03. The number of aliphatic hydroxyl groups is 1. The van der Waals surface area contributed by atoms with Crippen LogP contribution in [-0.4, -0.2) is 23.5 Å². The minimum absolute atomic E-state index is 0.355. The van der Waals surface area contributed by atoms with Crippen LogP contribution in [0.1, 0.15) is 19.4 Å². The molecule has 15 heavy (non-hydrogen) atoms. The fourth-order valence-electron chi connectivity index (χ4n) is 1.15. The second-order valence-corrected chi connectivity index (χ2v) is 4.03. The van der Waals surface area contributed by atoms with E-state index in [4.69, 9.17) is 9.84 Å². The molecule has 0 aliphatic heterocycles. The maximum absolute atomic E-state index is 13.2. The van der Waals surface area contributed by atoms with Gasteiger partial charge in [-0.3, -0.25) is 0 Å². The minimum atomic E-state index is -1.36. The lowest BCUT2D eigenvalue weighted by Gasteiger charge is -2.27. The smallest absolute Gasteiger partial charge is 0.151 e. The highest BCUT2D eigenvalue weighted by Crippen LogP contribution is 2.19. The Morgan fingerprint density at radius 2 is 1.93 bits per heavy atom. The third kappa shape index (κ3) is 3.61. The quantitative estimate of drug-likeness (QED) is 0.811. The van der Waals surface area contributed by atoms with Crippen LogP contribution < -0.4 is 0 Å². The summed E-state index contributed by atoms with van der Waals surface area (Å²) in [4.78, 5) is 0. The first kappa shape index (κ1) is 12.1. The van der Waals surface area contributed by atoms with Crippen molar-refractivity contribution in [1.82, 2.24) is 0 Å². The molecule has 0 aliphatic carbocycles. The van der Waals surface area contributed by atoms with Crippen LogP contribution in [0, 0.1) is 0 Å². The Morgan fingerprint density at radius 1 is 1.33 bits per heavy atom. The zero-order valence-electron chi connectivity index (χ0n) is 9.11. The molecule has 0 spiro atoms. The molecule has 1 N–H and O–H groups in total. The Morgan fingerprint density at radius 3 is 2.47 bits per heavy atom. The number of hydrogen-bond donors (Lipinski definition) is 1. The first-order chi connectivity index (χ1) is 7.06. The maximum atomic E-state index is 13.2. The van der Waals surface area contributed by atoms with Crippen LogP contribution in [0.25, 0.3) is 0 Å². The van der Waals surface area contributed by atoms with E-state index in [1.807, 2.05) is 30.3 Å².